The summed E-state index contributed by atoms with van der Waals surface area (Å²) >= 11 is 0. The zero-order valence-corrected chi connectivity index (χ0v) is 20.7. The maximum atomic E-state index is 13.7. The molecule has 35 heavy (non-hydrogen) atoms. The summed E-state index contributed by atoms with van der Waals surface area (Å²) in [5.41, 5.74) is 4.20. The van der Waals surface area contributed by atoms with E-state index in [1.807, 2.05) is 25.1 Å². The standard InChI is InChI=1S/C28H31NO6/c1-15(2)35-28(32)25-16(3)29-21-12-19(18-8-11-23(33-4)24(14-18)34-5)13-22(31)27(21)26(25)17-6-9-20(30)10-7-17/h6-11,14-15,19,26,29-30H,12-13H2,1-5H3/t19-,26+/m1/s1. The summed E-state index contributed by atoms with van der Waals surface area (Å²) in [6, 6.07) is 12.4. The minimum Gasteiger partial charge on any atom is -0.508 e. The van der Waals surface area contributed by atoms with Crippen LogP contribution < -0.4 is 14.8 Å². The summed E-state index contributed by atoms with van der Waals surface area (Å²) in [4.78, 5) is 26.8. The number of aromatic hydroxyl groups is 1. The van der Waals surface area contributed by atoms with Crippen LogP contribution in [0.2, 0.25) is 0 Å². The fraction of sp³-hybridized carbons (Fsp3) is 0.357. The van der Waals surface area contributed by atoms with Crippen molar-refractivity contribution < 1.29 is 28.9 Å². The van der Waals surface area contributed by atoms with Crippen molar-refractivity contribution in [2.24, 2.45) is 0 Å². The molecule has 7 nitrogen and oxygen atoms in total. The van der Waals surface area contributed by atoms with Crippen molar-refractivity contribution in [3.05, 3.63) is 76.1 Å². The summed E-state index contributed by atoms with van der Waals surface area (Å²) in [5.74, 6) is 0.262. The molecule has 2 aliphatic rings. The number of phenols is 1. The van der Waals surface area contributed by atoms with Crippen molar-refractivity contribution in [3.63, 3.8) is 0 Å². The number of hydrogen-bond donors (Lipinski definition) is 2. The number of Topliss-reactive ketones (excluding diaryl/α,β-unsaturated/α-hetero) is 1. The number of ether oxygens (including phenoxy) is 3. The monoisotopic (exact) mass is 477 g/mol. The average molecular weight is 478 g/mol. The van der Waals surface area contributed by atoms with Gasteiger partial charge in [-0.15, -0.1) is 0 Å². The predicted octanol–water partition coefficient (Wildman–Crippen LogP) is 4.72. The number of nitrogens with one attached hydrogen (secondary N) is 1. The molecular formula is C28H31NO6. The molecule has 2 atom stereocenters. The molecule has 0 radical (unpaired) electrons. The Bertz CT molecular complexity index is 1210. The first-order valence-electron chi connectivity index (χ1n) is 11.7. The molecule has 1 aliphatic carbocycles. The van der Waals surface area contributed by atoms with Crippen LogP contribution in [-0.2, 0) is 14.3 Å². The summed E-state index contributed by atoms with van der Waals surface area (Å²) in [7, 11) is 3.18. The molecule has 0 saturated carbocycles. The second-order valence-electron chi connectivity index (χ2n) is 9.18. The molecule has 7 heteroatoms. The fourth-order valence-corrected chi connectivity index (χ4v) is 4.93. The lowest BCUT2D eigenvalue weighted by Crippen LogP contribution is -2.36. The molecule has 4 rings (SSSR count). The van der Waals surface area contributed by atoms with Gasteiger partial charge in [0.1, 0.15) is 5.75 Å². The van der Waals surface area contributed by atoms with Crippen LogP contribution in [0.25, 0.3) is 0 Å². The third-order valence-corrected chi connectivity index (χ3v) is 6.50. The number of esters is 1. The summed E-state index contributed by atoms with van der Waals surface area (Å²) in [6.45, 7) is 5.42. The molecule has 2 aromatic rings. The summed E-state index contributed by atoms with van der Waals surface area (Å²) < 4.78 is 16.4. The van der Waals surface area contributed by atoms with E-state index in [1.165, 1.54) is 0 Å². The quantitative estimate of drug-likeness (QED) is 0.581. The van der Waals surface area contributed by atoms with E-state index < -0.39 is 11.9 Å². The molecule has 0 aromatic heterocycles. The third-order valence-electron chi connectivity index (χ3n) is 6.50. The predicted molar refractivity (Wildman–Crippen MR) is 131 cm³/mol. The van der Waals surface area contributed by atoms with E-state index in [9.17, 15) is 14.7 Å². The van der Waals surface area contributed by atoms with Gasteiger partial charge in [0.2, 0.25) is 0 Å². The second kappa shape index (κ2) is 9.86. The number of ketones is 1. The zero-order chi connectivity index (χ0) is 25.3. The molecule has 0 saturated heterocycles. The number of allylic oxidation sites excluding steroid dienone is 3. The number of carbonyl (C=O) groups excluding carboxylic acids is 2. The number of carbonyl (C=O) groups is 2. The third kappa shape index (κ3) is 4.76. The van der Waals surface area contributed by atoms with Crippen molar-refractivity contribution in [2.45, 2.75) is 51.6 Å². The maximum absolute atomic E-state index is 13.7. The van der Waals surface area contributed by atoms with Crippen molar-refractivity contribution in [1.82, 2.24) is 5.32 Å². The number of methoxy groups -OCH3 is 2. The Morgan fingerprint density at radius 2 is 1.66 bits per heavy atom. The van der Waals surface area contributed by atoms with E-state index in [2.05, 4.69) is 5.32 Å². The molecule has 0 spiro atoms. The molecular weight excluding hydrogens is 446 g/mol. The number of hydrogen-bond acceptors (Lipinski definition) is 7. The molecule has 2 N–H and O–H groups in total. The van der Waals surface area contributed by atoms with Crippen molar-refractivity contribution in [2.75, 3.05) is 14.2 Å². The SMILES string of the molecule is COc1ccc([C@H]2CC(=O)C3=C(C2)NC(C)=C(C(=O)OC(C)C)[C@@H]3c2ccc(O)cc2)cc1OC. The Labute approximate surface area is 205 Å². The van der Waals surface area contributed by atoms with Gasteiger partial charge in [0.05, 0.1) is 25.9 Å². The van der Waals surface area contributed by atoms with E-state index in [0.29, 0.717) is 41.2 Å². The Morgan fingerprint density at radius 1 is 1.00 bits per heavy atom. The highest BCUT2D eigenvalue weighted by Gasteiger charge is 2.41. The van der Waals surface area contributed by atoms with Crippen LogP contribution in [0.3, 0.4) is 0 Å². The van der Waals surface area contributed by atoms with Gasteiger partial charge in [0.15, 0.2) is 17.3 Å². The van der Waals surface area contributed by atoms with Gasteiger partial charge in [-0.25, -0.2) is 4.79 Å². The molecule has 2 aromatic carbocycles. The molecule has 0 unspecified atom stereocenters. The van der Waals surface area contributed by atoms with Gasteiger partial charge in [-0.2, -0.15) is 0 Å². The lowest BCUT2D eigenvalue weighted by atomic mass is 9.71. The van der Waals surface area contributed by atoms with Crippen LogP contribution in [0.1, 0.15) is 56.6 Å². The highest BCUT2D eigenvalue weighted by Crippen LogP contribution is 2.46. The van der Waals surface area contributed by atoms with Gasteiger partial charge < -0.3 is 24.6 Å². The van der Waals surface area contributed by atoms with Crippen molar-refractivity contribution in [3.8, 4) is 17.2 Å². The van der Waals surface area contributed by atoms with Crippen LogP contribution >= 0.6 is 0 Å². The Hall–Kier alpha value is -3.74. The zero-order valence-electron chi connectivity index (χ0n) is 20.7. The van der Waals surface area contributed by atoms with Gasteiger partial charge in [-0.05, 0) is 68.5 Å². The van der Waals surface area contributed by atoms with Crippen LogP contribution in [0.4, 0.5) is 0 Å². The van der Waals surface area contributed by atoms with Crippen LogP contribution in [0, 0.1) is 0 Å². The Morgan fingerprint density at radius 3 is 2.29 bits per heavy atom. The van der Waals surface area contributed by atoms with E-state index >= 15 is 0 Å². The van der Waals surface area contributed by atoms with Crippen LogP contribution in [0.5, 0.6) is 17.2 Å². The summed E-state index contributed by atoms with van der Waals surface area (Å²) in [6.07, 6.45) is 0.612. The van der Waals surface area contributed by atoms with E-state index in [0.717, 1.165) is 16.8 Å². The molecule has 0 bridgehead atoms. The molecule has 0 fully saturated rings. The van der Waals surface area contributed by atoms with Gasteiger partial charge in [-0.1, -0.05) is 18.2 Å². The highest BCUT2D eigenvalue weighted by molar-refractivity contribution is 6.04. The van der Waals surface area contributed by atoms with Gasteiger partial charge in [0, 0.05) is 29.3 Å². The smallest absolute Gasteiger partial charge is 0.337 e. The Kier molecular flexibility index (Phi) is 6.87. The minimum absolute atomic E-state index is 0.0287. The molecule has 0 amide bonds. The molecule has 1 heterocycles. The van der Waals surface area contributed by atoms with Gasteiger partial charge in [0.25, 0.3) is 0 Å². The first-order valence-corrected chi connectivity index (χ1v) is 11.7. The number of dihydropyridines is 1. The highest BCUT2D eigenvalue weighted by atomic mass is 16.5. The number of rotatable bonds is 6. The van der Waals surface area contributed by atoms with Crippen LogP contribution in [-0.4, -0.2) is 37.2 Å². The van der Waals surface area contributed by atoms with Crippen molar-refractivity contribution in [1.29, 1.82) is 0 Å². The lowest BCUT2D eigenvalue weighted by Gasteiger charge is -2.37. The second-order valence-corrected chi connectivity index (χ2v) is 9.18. The normalized spacial score (nSPS) is 19.9. The van der Waals surface area contributed by atoms with Gasteiger partial charge >= 0.3 is 5.97 Å². The van der Waals surface area contributed by atoms with Crippen molar-refractivity contribution >= 4 is 11.8 Å². The minimum atomic E-state index is -0.572. The fourth-order valence-electron chi connectivity index (χ4n) is 4.93. The molecule has 184 valence electrons. The number of phenolic OH excluding ortho intramolecular Hbond substituents is 1. The Balaban J connectivity index is 1.77. The van der Waals surface area contributed by atoms with E-state index in [1.54, 1.807) is 52.3 Å². The topological polar surface area (TPSA) is 94.1 Å². The largest absolute Gasteiger partial charge is 0.508 e. The average Bonchev–Trinajstić information content (AvgIpc) is 2.82. The first kappa shape index (κ1) is 24.4. The van der Waals surface area contributed by atoms with Gasteiger partial charge in [-0.3, -0.25) is 4.79 Å². The van der Waals surface area contributed by atoms with E-state index in [-0.39, 0.29) is 23.6 Å². The first-order chi connectivity index (χ1) is 16.7. The number of benzene rings is 2. The maximum Gasteiger partial charge on any atom is 0.337 e. The molecule has 1 aliphatic heterocycles. The summed E-state index contributed by atoms with van der Waals surface area (Å²) in [5, 5.41) is 13.2. The van der Waals surface area contributed by atoms with E-state index in [4.69, 9.17) is 14.2 Å². The lowest BCUT2D eigenvalue weighted by molar-refractivity contribution is -0.143. The van der Waals surface area contributed by atoms with Crippen LogP contribution in [0.15, 0.2) is 65.0 Å².